The van der Waals surface area contributed by atoms with Crippen LogP contribution < -0.4 is 10.6 Å². The third kappa shape index (κ3) is 1.82. The molecule has 0 bridgehead atoms. The van der Waals surface area contributed by atoms with Crippen LogP contribution in [0.3, 0.4) is 0 Å². The van der Waals surface area contributed by atoms with E-state index in [1.807, 2.05) is 0 Å². The van der Waals surface area contributed by atoms with E-state index >= 15 is 0 Å². The molecule has 5 nitrogen and oxygen atoms in total. The monoisotopic (exact) mass is 222 g/mol. The molecule has 2 rings (SSSR count). The molecule has 1 saturated heterocycles. The standard InChI is InChI=1S/C11H18N4O/c1-8(2)11(3-4-12-7-11)9(16)15-10-13-5-6-14-10/h5-6,8,12H,3-4,7H2,1-2H3,(H2,13,14,15,16). The lowest BCUT2D eigenvalue weighted by Gasteiger charge is -2.30. The number of anilines is 1. The van der Waals surface area contributed by atoms with Gasteiger partial charge in [0.15, 0.2) is 0 Å². The predicted molar refractivity (Wildman–Crippen MR) is 62.0 cm³/mol. The highest BCUT2D eigenvalue weighted by molar-refractivity contribution is 5.94. The number of imidazole rings is 1. The van der Waals surface area contributed by atoms with E-state index < -0.39 is 0 Å². The number of rotatable bonds is 3. The lowest BCUT2D eigenvalue weighted by atomic mass is 9.75. The first-order valence-electron chi connectivity index (χ1n) is 5.67. The van der Waals surface area contributed by atoms with Crippen LogP contribution in [-0.2, 0) is 4.79 Å². The molecule has 1 unspecified atom stereocenters. The van der Waals surface area contributed by atoms with E-state index in [4.69, 9.17) is 0 Å². The Labute approximate surface area is 95.0 Å². The van der Waals surface area contributed by atoms with Crippen molar-refractivity contribution in [1.29, 1.82) is 0 Å². The Balaban J connectivity index is 2.12. The summed E-state index contributed by atoms with van der Waals surface area (Å²) in [6, 6.07) is 0. The number of H-pyrrole nitrogens is 1. The fourth-order valence-corrected chi connectivity index (χ4v) is 2.23. The van der Waals surface area contributed by atoms with Gasteiger partial charge in [-0.3, -0.25) is 10.1 Å². The average Bonchev–Trinajstić information content (AvgIpc) is 2.87. The molecule has 3 N–H and O–H groups in total. The summed E-state index contributed by atoms with van der Waals surface area (Å²) in [4.78, 5) is 19.2. The van der Waals surface area contributed by atoms with Gasteiger partial charge in [0.05, 0.1) is 5.41 Å². The van der Waals surface area contributed by atoms with Crippen LogP contribution in [0.25, 0.3) is 0 Å². The summed E-state index contributed by atoms with van der Waals surface area (Å²) < 4.78 is 0. The van der Waals surface area contributed by atoms with Gasteiger partial charge in [0.25, 0.3) is 0 Å². The summed E-state index contributed by atoms with van der Waals surface area (Å²) in [6.07, 6.45) is 4.21. The van der Waals surface area contributed by atoms with Gasteiger partial charge in [0, 0.05) is 18.9 Å². The highest BCUT2D eigenvalue weighted by Gasteiger charge is 2.44. The van der Waals surface area contributed by atoms with Crippen LogP contribution in [0.1, 0.15) is 20.3 Å². The lowest BCUT2D eigenvalue weighted by Crippen LogP contribution is -2.42. The van der Waals surface area contributed by atoms with Crippen LogP contribution in [0.15, 0.2) is 12.4 Å². The van der Waals surface area contributed by atoms with Crippen molar-refractivity contribution in [3.8, 4) is 0 Å². The topological polar surface area (TPSA) is 69.8 Å². The molecule has 0 spiro atoms. The van der Waals surface area contributed by atoms with E-state index in [0.29, 0.717) is 11.9 Å². The van der Waals surface area contributed by atoms with Crippen molar-refractivity contribution in [2.24, 2.45) is 11.3 Å². The number of nitrogens with zero attached hydrogens (tertiary/aromatic N) is 1. The van der Waals surface area contributed by atoms with E-state index in [9.17, 15) is 4.79 Å². The Kier molecular flexibility index (Phi) is 2.96. The highest BCUT2D eigenvalue weighted by atomic mass is 16.2. The van der Waals surface area contributed by atoms with E-state index in [2.05, 4.69) is 34.4 Å². The number of nitrogens with one attached hydrogen (secondary N) is 3. The van der Waals surface area contributed by atoms with E-state index in [-0.39, 0.29) is 11.3 Å². The van der Waals surface area contributed by atoms with E-state index in [0.717, 1.165) is 19.5 Å². The second-order valence-corrected chi connectivity index (χ2v) is 4.63. The molecular weight excluding hydrogens is 204 g/mol. The summed E-state index contributed by atoms with van der Waals surface area (Å²) in [6.45, 7) is 5.84. The third-order valence-electron chi connectivity index (χ3n) is 3.48. The molecule has 1 aromatic rings. The van der Waals surface area contributed by atoms with Crippen molar-refractivity contribution in [3.05, 3.63) is 12.4 Å². The van der Waals surface area contributed by atoms with Crippen molar-refractivity contribution in [3.63, 3.8) is 0 Å². The van der Waals surface area contributed by atoms with Crippen molar-refractivity contribution < 1.29 is 4.79 Å². The number of hydrogen-bond acceptors (Lipinski definition) is 3. The van der Waals surface area contributed by atoms with Gasteiger partial charge in [-0.15, -0.1) is 0 Å². The number of carbonyl (C=O) groups excluding carboxylic acids is 1. The summed E-state index contributed by atoms with van der Waals surface area (Å²) in [5, 5.41) is 6.10. The molecular formula is C11H18N4O. The first kappa shape index (κ1) is 11.1. The molecule has 16 heavy (non-hydrogen) atoms. The summed E-state index contributed by atoms with van der Waals surface area (Å²) in [7, 11) is 0. The molecule has 0 saturated carbocycles. The molecule has 0 aliphatic carbocycles. The van der Waals surface area contributed by atoms with Gasteiger partial charge in [-0.05, 0) is 18.9 Å². The summed E-state index contributed by atoms with van der Waals surface area (Å²) in [5.74, 6) is 0.900. The third-order valence-corrected chi connectivity index (χ3v) is 3.48. The molecule has 88 valence electrons. The number of aromatic amines is 1. The normalized spacial score (nSPS) is 24.9. The van der Waals surface area contributed by atoms with Gasteiger partial charge >= 0.3 is 0 Å². The first-order valence-corrected chi connectivity index (χ1v) is 5.67. The highest BCUT2D eigenvalue weighted by Crippen LogP contribution is 2.35. The molecule has 1 aromatic heterocycles. The fraction of sp³-hybridized carbons (Fsp3) is 0.636. The van der Waals surface area contributed by atoms with Crippen LogP contribution in [0.4, 0.5) is 5.95 Å². The van der Waals surface area contributed by atoms with Gasteiger partial charge < -0.3 is 10.3 Å². The van der Waals surface area contributed by atoms with Crippen molar-refractivity contribution in [2.45, 2.75) is 20.3 Å². The maximum absolute atomic E-state index is 12.3. The van der Waals surface area contributed by atoms with Crippen LogP contribution in [0.2, 0.25) is 0 Å². The number of amides is 1. The van der Waals surface area contributed by atoms with Crippen molar-refractivity contribution in [1.82, 2.24) is 15.3 Å². The molecule has 1 amide bonds. The van der Waals surface area contributed by atoms with Gasteiger partial charge in [0.2, 0.25) is 11.9 Å². The van der Waals surface area contributed by atoms with Crippen LogP contribution in [0.5, 0.6) is 0 Å². The number of aromatic nitrogens is 2. The molecule has 1 fully saturated rings. The van der Waals surface area contributed by atoms with Gasteiger partial charge in [0.1, 0.15) is 0 Å². The van der Waals surface area contributed by atoms with Crippen molar-refractivity contribution >= 4 is 11.9 Å². The Morgan fingerprint density at radius 1 is 1.62 bits per heavy atom. The van der Waals surface area contributed by atoms with Crippen LogP contribution in [-0.4, -0.2) is 29.0 Å². The summed E-state index contributed by atoms with van der Waals surface area (Å²) in [5.41, 5.74) is -0.299. The minimum absolute atomic E-state index is 0.0578. The SMILES string of the molecule is CC(C)C1(C(=O)Nc2ncc[nH]2)CCNC1. The molecule has 5 heteroatoms. The van der Waals surface area contributed by atoms with Gasteiger partial charge in [-0.25, -0.2) is 4.98 Å². The maximum Gasteiger partial charge on any atom is 0.234 e. The average molecular weight is 222 g/mol. The Hall–Kier alpha value is -1.36. The minimum atomic E-state index is -0.299. The molecule has 0 aromatic carbocycles. The largest absolute Gasteiger partial charge is 0.331 e. The first-order chi connectivity index (χ1) is 7.65. The zero-order valence-electron chi connectivity index (χ0n) is 9.71. The minimum Gasteiger partial charge on any atom is -0.331 e. The predicted octanol–water partition coefficient (Wildman–Crippen LogP) is 0.984. The number of hydrogen-bond donors (Lipinski definition) is 3. The zero-order chi connectivity index (χ0) is 11.6. The van der Waals surface area contributed by atoms with E-state index in [1.165, 1.54) is 0 Å². The molecule has 1 aliphatic rings. The smallest absolute Gasteiger partial charge is 0.234 e. The Bertz CT molecular complexity index is 352. The van der Waals surface area contributed by atoms with Crippen LogP contribution >= 0.6 is 0 Å². The second kappa shape index (κ2) is 4.25. The summed E-state index contributed by atoms with van der Waals surface area (Å²) >= 11 is 0. The Morgan fingerprint density at radius 3 is 2.94 bits per heavy atom. The quantitative estimate of drug-likeness (QED) is 0.714. The van der Waals surface area contributed by atoms with Gasteiger partial charge in [-0.1, -0.05) is 13.8 Å². The van der Waals surface area contributed by atoms with Gasteiger partial charge in [-0.2, -0.15) is 0 Å². The van der Waals surface area contributed by atoms with E-state index in [1.54, 1.807) is 12.4 Å². The molecule has 0 radical (unpaired) electrons. The fourth-order valence-electron chi connectivity index (χ4n) is 2.23. The van der Waals surface area contributed by atoms with Crippen molar-refractivity contribution in [2.75, 3.05) is 18.4 Å². The lowest BCUT2D eigenvalue weighted by molar-refractivity contribution is -0.126. The number of carbonyl (C=O) groups is 1. The molecule has 2 heterocycles. The second-order valence-electron chi connectivity index (χ2n) is 4.63. The van der Waals surface area contributed by atoms with Crippen LogP contribution in [0, 0.1) is 11.3 Å². The molecule has 1 atom stereocenters. The maximum atomic E-state index is 12.3. The zero-order valence-corrected chi connectivity index (χ0v) is 9.71. The Morgan fingerprint density at radius 2 is 2.44 bits per heavy atom. The molecule has 1 aliphatic heterocycles.